The Bertz CT molecular complexity index is 1070. The number of nitrogens with zero attached hydrogens (tertiary/aromatic N) is 6. The first kappa shape index (κ1) is 24.8. The van der Waals surface area contributed by atoms with E-state index in [9.17, 15) is 9.90 Å². The third-order valence-corrected chi connectivity index (χ3v) is 7.93. The van der Waals surface area contributed by atoms with Crippen LogP contribution >= 0.6 is 0 Å². The number of aromatic nitrogens is 2. The minimum atomic E-state index is -0.861. The summed E-state index contributed by atoms with van der Waals surface area (Å²) < 4.78 is 6.22. The van der Waals surface area contributed by atoms with Crippen molar-refractivity contribution in [3.8, 4) is 6.01 Å². The van der Waals surface area contributed by atoms with Crippen LogP contribution in [0, 0.1) is 0 Å². The van der Waals surface area contributed by atoms with Crippen LogP contribution in [0.1, 0.15) is 43.5 Å². The van der Waals surface area contributed by atoms with Crippen LogP contribution in [0.25, 0.3) is 0 Å². The second-order valence-corrected chi connectivity index (χ2v) is 10.6. The normalized spacial score (nSPS) is 25.1. The van der Waals surface area contributed by atoms with Gasteiger partial charge >= 0.3 is 12.1 Å². The number of ether oxygens (including phenoxy) is 1. The number of fused-ring (bicyclic) bond motifs is 1. The number of hydrogen-bond donors (Lipinski definition) is 1. The molecule has 0 unspecified atom stereocenters. The largest absolute Gasteiger partial charge is 0.465 e. The number of anilines is 1. The molecule has 0 radical (unpaired) electrons. The van der Waals surface area contributed by atoms with Crippen LogP contribution in [0.4, 0.5) is 10.6 Å². The molecule has 3 aliphatic rings. The monoisotopic (exact) mass is 494 g/mol. The van der Waals surface area contributed by atoms with Crippen molar-refractivity contribution in [1.82, 2.24) is 24.7 Å². The molecule has 1 aromatic heterocycles. The third-order valence-electron chi connectivity index (χ3n) is 7.93. The zero-order valence-electron chi connectivity index (χ0n) is 21.6. The molecule has 2 fully saturated rings. The molecular formula is C27H38N6O3. The Labute approximate surface area is 213 Å². The summed E-state index contributed by atoms with van der Waals surface area (Å²) in [6.45, 7) is 9.36. The maximum absolute atomic E-state index is 11.7. The molecule has 36 heavy (non-hydrogen) atoms. The lowest BCUT2D eigenvalue weighted by Crippen LogP contribution is -2.58. The van der Waals surface area contributed by atoms with Gasteiger partial charge in [0.05, 0.1) is 5.69 Å². The molecule has 1 aromatic carbocycles. The lowest BCUT2D eigenvalue weighted by molar-refractivity contribution is 0.114. The van der Waals surface area contributed by atoms with E-state index < -0.39 is 6.09 Å². The lowest BCUT2D eigenvalue weighted by atomic mass is 10.0. The van der Waals surface area contributed by atoms with Crippen LogP contribution in [-0.4, -0.2) is 93.8 Å². The quantitative estimate of drug-likeness (QED) is 0.656. The summed E-state index contributed by atoms with van der Waals surface area (Å²) in [6.07, 6.45) is 2.33. The molecule has 2 aromatic rings. The zero-order chi connectivity index (χ0) is 25.2. The summed E-state index contributed by atoms with van der Waals surface area (Å²) in [6, 6.07) is 11.3. The van der Waals surface area contributed by atoms with Gasteiger partial charge in [0.1, 0.15) is 12.4 Å². The fraction of sp³-hybridized carbons (Fsp3) is 0.593. The maximum atomic E-state index is 11.7. The number of amides is 1. The molecule has 3 aliphatic heterocycles. The van der Waals surface area contributed by atoms with E-state index in [-0.39, 0.29) is 12.1 Å². The van der Waals surface area contributed by atoms with Crippen molar-refractivity contribution < 1.29 is 14.6 Å². The first-order chi connectivity index (χ1) is 17.4. The molecule has 5 rings (SSSR count). The lowest BCUT2D eigenvalue weighted by Gasteiger charge is -2.44. The van der Waals surface area contributed by atoms with E-state index >= 15 is 0 Å². The average molecular weight is 495 g/mol. The molecule has 9 nitrogen and oxygen atoms in total. The molecule has 0 spiro atoms. The summed E-state index contributed by atoms with van der Waals surface area (Å²) in [4.78, 5) is 30.1. The highest BCUT2D eigenvalue weighted by Gasteiger charge is 2.35. The van der Waals surface area contributed by atoms with Crippen molar-refractivity contribution in [3.05, 3.63) is 47.2 Å². The van der Waals surface area contributed by atoms with Crippen LogP contribution in [0.3, 0.4) is 0 Å². The molecule has 2 saturated heterocycles. The number of hydrogen-bond acceptors (Lipinski definition) is 7. The predicted octanol–water partition coefficient (Wildman–Crippen LogP) is 3.08. The number of carbonyl (C=O) groups is 1. The highest BCUT2D eigenvalue weighted by atomic mass is 16.5. The molecule has 3 atom stereocenters. The molecule has 4 heterocycles. The smallest absolute Gasteiger partial charge is 0.407 e. The molecular weight excluding hydrogens is 456 g/mol. The molecule has 1 amide bonds. The first-order valence-electron chi connectivity index (χ1n) is 13.1. The number of benzene rings is 1. The van der Waals surface area contributed by atoms with Gasteiger partial charge in [0.25, 0.3) is 0 Å². The molecule has 0 aliphatic carbocycles. The summed E-state index contributed by atoms with van der Waals surface area (Å²) in [7, 11) is 2.15. The van der Waals surface area contributed by atoms with E-state index in [1.165, 1.54) is 22.4 Å². The number of piperazine rings is 1. The van der Waals surface area contributed by atoms with Gasteiger partial charge in [-0.05, 0) is 52.3 Å². The molecule has 1 N–H and O–H groups in total. The third kappa shape index (κ3) is 5.27. The highest BCUT2D eigenvalue weighted by Crippen LogP contribution is 2.32. The Morgan fingerprint density at radius 2 is 1.92 bits per heavy atom. The van der Waals surface area contributed by atoms with Crippen molar-refractivity contribution in [3.63, 3.8) is 0 Å². The zero-order valence-corrected chi connectivity index (χ0v) is 21.6. The maximum Gasteiger partial charge on any atom is 0.407 e. The highest BCUT2D eigenvalue weighted by molar-refractivity contribution is 5.66. The van der Waals surface area contributed by atoms with Crippen molar-refractivity contribution in [1.29, 1.82) is 0 Å². The van der Waals surface area contributed by atoms with Crippen LogP contribution in [0.15, 0.2) is 30.3 Å². The van der Waals surface area contributed by atoms with Crippen LogP contribution in [0.2, 0.25) is 0 Å². The molecule has 9 heteroatoms. The van der Waals surface area contributed by atoms with Crippen LogP contribution in [-0.2, 0) is 19.5 Å². The van der Waals surface area contributed by atoms with Gasteiger partial charge in [-0.3, -0.25) is 4.90 Å². The second kappa shape index (κ2) is 10.6. The Kier molecular flexibility index (Phi) is 7.29. The van der Waals surface area contributed by atoms with Gasteiger partial charge in [0.2, 0.25) is 0 Å². The number of likely N-dealkylation sites (N-methyl/N-ethyl adjacent to an activating group) is 1. The predicted molar refractivity (Wildman–Crippen MR) is 138 cm³/mol. The van der Waals surface area contributed by atoms with Gasteiger partial charge in [-0.15, -0.1) is 0 Å². The van der Waals surface area contributed by atoms with E-state index in [1.807, 2.05) is 13.0 Å². The minimum Gasteiger partial charge on any atom is -0.465 e. The Morgan fingerprint density at radius 3 is 2.64 bits per heavy atom. The number of rotatable bonds is 6. The second-order valence-electron chi connectivity index (χ2n) is 10.6. The van der Waals surface area contributed by atoms with E-state index in [0.717, 1.165) is 50.5 Å². The van der Waals surface area contributed by atoms with Crippen LogP contribution < -0.4 is 9.64 Å². The summed E-state index contributed by atoms with van der Waals surface area (Å²) in [5.41, 5.74) is 3.49. The summed E-state index contributed by atoms with van der Waals surface area (Å²) >= 11 is 0. The molecule has 194 valence electrons. The summed E-state index contributed by atoms with van der Waals surface area (Å²) in [5.74, 6) is 0.915. The minimum absolute atomic E-state index is 0.0208. The van der Waals surface area contributed by atoms with Gasteiger partial charge < -0.3 is 24.5 Å². The van der Waals surface area contributed by atoms with Crippen LogP contribution in [0.5, 0.6) is 6.01 Å². The Morgan fingerprint density at radius 1 is 1.11 bits per heavy atom. The van der Waals surface area contributed by atoms with Gasteiger partial charge in [0.15, 0.2) is 0 Å². The standard InChI is InChI=1S/C27H38N6O3/c1-19-15-33(27(34)35)20(2)14-32(19)25-23-11-13-31(16-21-8-5-4-6-9-21)17-24(23)28-26(29-25)36-18-22-10-7-12-30(22)3/h4-6,8-9,19-20,22H,7,10-18H2,1-3H3,(H,34,35)/t19-,20+,22-/m0/s1. The molecule has 0 bridgehead atoms. The topological polar surface area (TPSA) is 85.3 Å². The van der Waals surface area contributed by atoms with E-state index in [1.54, 1.807) is 0 Å². The van der Waals surface area contributed by atoms with Crippen molar-refractivity contribution >= 4 is 11.9 Å². The van der Waals surface area contributed by atoms with E-state index in [2.05, 4.69) is 52.9 Å². The van der Waals surface area contributed by atoms with Gasteiger partial charge in [-0.25, -0.2) is 4.79 Å². The number of likely N-dealkylation sites (tertiary alicyclic amines) is 1. The fourth-order valence-corrected chi connectivity index (χ4v) is 5.77. The fourth-order valence-electron chi connectivity index (χ4n) is 5.77. The van der Waals surface area contributed by atoms with Gasteiger partial charge in [0, 0.05) is 56.4 Å². The van der Waals surface area contributed by atoms with E-state index in [4.69, 9.17) is 14.7 Å². The van der Waals surface area contributed by atoms with Crippen molar-refractivity contribution in [2.24, 2.45) is 0 Å². The first-order valence-corrected chi connectivity index (χ1v) is 13.1. The van der Waals surface area contributed by atoms with E-state index in [0.29, 0.717) is 31.7 Å². The average Bonchev–Trinajstić information content (AvgIpc) is 3.28. The molecule has 0 saturated carbocycles. The van der Waals surface area contributed by atoms with Gasteiger partial charge in [-0.1, -0.05) is 30.3 Å². The van der Waals surface area contributed by atoms with Gasteiger partial charge in [-0.2, -0.15) is 9.97 Å². The number of carboxylic acid groups (broad SMARTS) is 1. The Balaban J connectivity index is 1.41. The summed E-state index contributed by atoms with van der Waals surface area (Å²) in [5, 5.41) is 9.62. The van der Waals surface area contributed by atoms with Crippen molar-refractivity contribution in [2.75, 3.05) is 44.7 Å². The Hall–Kier alpha value is -2.91. The van der Waals surface area contributed by atoms with Crippen molar-refractivity contribution in [2.45, 2.75) is 64.3 Å². The SMILES string of the molecule is C[C@@H]1CN(c2nc(OC[C@@H]3CCCN3C)nc3c2CCN(Cc2ccccc2)C3)[C@@H](C)CN1C(=O)O.